The number of halogens is 1. The van der Waals surface area contributed by atoms with Gasteiger partial charge >= 0.3 is 0 Å². The van der Waals surface area contributed by atoms with Gasteiger partial charge in [-0.05, 0) is 49.8 Å². The van der Waals surface area contributed by atoms with E-state index in [1.807, 2.05) is 83.1 Å². The zero-order valence-corrected chi connectivity index (χ0v) is 18.9. The van der Waals surface area contributed by atoms with Crippen LogP contribution in [0.2, 0.25) is 5.02 Å². The van der Waals surface area contributed by atoms with Gasteiger partial charge in [0.2, 0.25) is 0 Å². The Balaban J connectivity index is 1.37. The Morgan fingerprint density at radius 2 is 1.74 bits per heavy atom. The molecule has 0 aliphatic rings. The molecule has 2 aromatic carbocycles. The van der Waals surface area contributed by atoms with E-state index in [-0.39, 0.29) is 0 Å². The highest BCUT2D eigenvalue weighted by Crippen LogP contribution is 2.18. The highest BCUT2D eigenvalue weighted by molar-refractivity contribution is 7.80. The van der Waals surface area contributed by atoms with Crippen molar-refractivity contribution in [2.45, 2.75) is 26.9 Å². The van der Waals surface area contributed by atoms with Gasteiger partial charge < -0.3 is 10.6 Å². The summed E-state index contributed by atoms with van der Waals surface area (Å²) < 4.78 is 3.78. The Morgan fingerprint density at radius 3 is 2.52 bits per heavy atom. The molecule has 4 rings (SSSR count). The molecular weight excluding hydrogens is 428 g/mol. The predicted molar refractivity (Wildman–Crippen MR) is 129 cm³/mol. The molecule has 4 aromatic rings. The maximum atomic E-state index is 6.24. The minimum atomic E-state index is 0.509. The van der Waals surface area contributed by atoms with Crippen molar-refractivity contribution in [1.82, 2.24) is 24.9 Å². The largest absolute Gasteiger partial charge is 0.358 e. The van der Waals surface area contributed by atoms with E-state index in [0.29, 0.717) is 24.0 Å². The molecule has 0 bridgehead atoms. The smallest absolute Gasteiger partial charge is 0.172 e. The standard InChI is InChI=1S/C23H23ClN6S/c1-16-20(17(2)30(27-16)19-9-4-3-5-10-19)14-25-23(31)26-22-12-13-29(28-22)15-18-8-6-7-11-21(18)24/h3-13H,14-15H2,1-2H3,(H2,25,26,28,31). The highest BCUT2D eigenvalue weighted by Gasteiger charge is 2.13. The van der Waals surface area contributed by atoms with Crippen LogP contribution in [0, 0.1) is 13.8 Å². The summed E-state index contributed by atoms with van der Waals surface area (Å²) in [7, 11) is 0. The number of hydrogen-bond donors (Lipinski definition) is 2. The first-order chi connectivity index (χ1) is 15.0. The number of aryl methyl sites for hydroxylation is 1. The van der Waals surface area contributed by atoms with Crippen LogP contribution in [0.15, 0.2) is 66.9 Å². The molecule has 0 fully saturated rings. The number of hydrogen-bond acceptors (Lipinski definition) is 3. The highest BCUT2D eigenvalue weighted by atomic mass is 35.5. The number of para-hydroxylation sites is 1. The Hall–Kier alpha value is -3.16. The molecule has 0 spiro atoms. The van der Waals surface area contributed by atoms with Gasteiger partial charge in [0.15, 0.2) is 10.9 Å². The van der Waals surface area contributed by atoms with E-state index in [4.69, 9.17) is 23.8 Å². The Kier molecular flexibility index (Phi) is 6.34. The van der Waals surface area contributed by atoms with E-state index in [1.54, 1.807) is 0 Å². The van der Waals surface area contributed by atoms with Crippen molar-refractivity contribution in [1.29, 1.82) is 0 Å². The van der Waals surface area contributed by atoms with E-state index in [1.165, 1.54) is 0 Å². The van der Waals surface area contributed by atoms with E-state index in [2.05, 4.69) is 27.8 Å². The van der Waals surface area contributed by atoms with Crippen LogP contribution in [0.1, 0.15) is 22.5 Å². The van der Waals surface area contributed by atoms with Gasteiger partial charge in [-0.25, -0.2) is 4.68 Å². The van der Waals surface area contributed by atoms with Crippen LogP contribution >= 0.6 is 23.8 Å². The number of nitrogens with zero attached hydrogens (tertiary/aromatic N) is 4. The summed E-state index contributed by atoms with van der Waals surface area (Å²) in [5.74, 6) is 0.679. The molecular formula is C23H23ClN6S. The lowest BCUT2D eigenvalue weighted by Gasteiger charge is -2.10. The number of rotatable bonds is 6. The van der Waals surface area contributed by atoms with Crippen LogP contribution in [0.3, 0.4) is 0 Å². The van der Waals surface area contributed by atoms with Gasteiger partial charge in [0.1, 0.15) is 0 Å². The van der Waals surface area contributed by atoms with Crippen molar-refractivity contribution in [3.63, 3.8) is 0 Å². The molecule has 0 radical (unpaired) electrons. The van der Waals surface area contributed by atoms with Crippen LogP contribution < -0.4 is 10.6 Å². The maximum absolute atomic E-state index is 6.24. The van der Waals surface area contributed by atoms with Crippen molar-refractivity contribution in [3.05, 3.63) is 94.4 Å². The van der Waals surface area contributed by atoms with Crippen molar-refractivity contribution in [2.24, 2.45) is 0 Å². The second-order valence-corrected chi connectivity index (χ2v) is 8.01. The third-order valence-electron chi connectivity index (χ3n) is 5.04. The lowest BCUT2D eigenvalue weighted by molar-refractivity contribution is 0.690. The van der Waals surface area contributed by atoms with Gasteiger partial charge in [0, 0.05) is 35.1 Å². The van der Waals surface area contributed by atoms with Gasteiger partial charge in [-0.3, -0.25) is 4.68 Å². The molecule has 0 saturated heterocycles. The van der Waals surface area contributed by atoms with E-state index >= 15 is 0 Å². The quantitative estimate of drug-likeness (QED) is 0.410. The van der Waals surface area contributed by atoms with Crippen LogP contribution in [-0.4, -0.2) is 24.7 Å². The molecule has 0 aliphatic carbocycles. The fraction of sp³-hybridized carbons (Fsp3) is 0.174. The van der Waals surface area contributed by atoms with Gasteiger partial charge in [-0.15, -0.1) is 0 Å². The van der Waals surface area contributed by atoms with E-state index in [0.717, 1.165) is 33.2 Å². The number of thiocarbonyl (C=S) groups is 1. The Morgan fingerprint density at radius 1 is 1.00 bits per heavy atom. The third-order valence-corrected chi connectivity index (χ3v) is 5.66. The minimum absolute atomic E-state index is 0.509. The van der Waals surface area contributed by atoms with Gasteiger partial charge in [0.25, 0.3) is 0 Å². The maximum Gasteiger partial charge on any atom is 0.172 e. The van der Waals surface area contributed by atoms with Crippen LogP contribution in [-0.2, 0) is 13.1 Å². The van der Waals surface area contributed by atoms with Crippen molar-refractivity contribution < 1.29 is 0 Å². The molecule has 8 heteroatoms. The van der Waals surface area contributed by atoms with Gasteiger partial charge in [0.05, 0.1) is 17.9 Å². The van der Waals surface area contributed by atoms with Crippen molar-refractivity contribution >= 4 is 34.7 Å². The topological polar surface area (TPSA) is 59.7 Å². The number of aromatic nitrogens is 4. The van der Waals surface area contributed by atoms with Crippen LogP contribution in [0.25, 0.3) is 5.69 Å². The zero-order chi connectivity index (χ0) is 21.8. The predicted octanol–water partition coefficient (Wildman–Crippen LogP) is 4.87. The van der Waals surface area contributed by atoms with E-state index in [9.17, 15) is 0 Å². The summed E-state index contributed by atoms with van der Waals surface area (Å²) in [6.45, 7) is 5.25. The molecule has 158 valence electrons. The molecule has 2 aromatic heterocycles. The third kappa shape index (κ3) is 4.95. The van der Waals surface area contributed by atoms with Crippen LogP contribution in [0.5, 0.6) is 0 Å². The molecule has 0 saturated carbocycles. The lowest BCUT2D eigenvalue weighted by atomic mass is 10.2. The second kappa shape index (κ2) is 9.32. The molecule has 0 aliphatic heterocycles. The summed E-state index contributed by atoms with van der Waals surface area (Å²) in [6, 6.07) is 19.7. The molecule has 0 unspecified atom stereocenters. The minimum Gasteiger partial charge on any atom is -0.358 e. The zero-order valence-electron chi connectivity index (χ0n) is 17.3. The van der Waals surface area contributed by atoms with Gasteiger partial charge in [-0.2, -0.15) is 10.2 Å². The fourth-order valence-electron chi connectivity index (χ4n) is 3.40. The summed E-state index contributed by atoms with van der Waals surface area (Å²) in [4.78, 5) is 0. The molecule has 0 amide bonds. The first-order valence-corrected chi connectivity index (χ1v) is 10.7. The SMILES string of the molecule is Cc1nn(-c2ccccc2)c(C)c1CNC(=S)Nc1ccn(Cc2ccccc2Cl)n1. The monoisotopic (exact) mass is 450 g/mol. The van der Waals surface area contributed by atoms with Crippen LogP contribution in [0.4, 0.5) is 5.82 Å². The molecule has 31 heavy (non-hydrogen) atoms. The Bertz CT molecular complexity index is 1200. The molecule has 2 heterocycles. The van der Waals surface area contributed by atoms with E-state index < -0.39 is 0 Å². The van der Waals surface area contributed by atoms with Gasteiger partial charge in [-0.1, -0.05) is 48.0 Å². The number of anilines is 1. The first kappa shape index (κ1) is 21.1. The average molecular weight is 451 g/mol. The lowest BCUT2D eigenvalue weighted by Crippen LogP contribution is -2.28. The second-order valence-electron chi connectivity index (χ2n) is 7.19. The average Bonchev–Trinajstić information content (AvgIpc) is 3.32. The van der Waals surface area contributed by atoms with Crippen molar-refractivity contribution in [3.8, 4) is 5.69 Å². The molecule has 2 N–H and O–H groups in total. The molecule has 6 nitrogen and oxygen atoms in total. The normalized spacial score (nSPS) is 10.8. The first-order valence-electron chi connectivity index (χ1n) is 9.93. The van der Waals surface area contributed by atoms with Crippen molar-refractivity contribution in [2.75, 3.05) is 5.32 Å². The summed E-state index contributed by atoms with van der Waals surface area (Å²) >= 11 is 11.7. The number of nitrogens with one attached hydrogen (secondary N) is 2. The summed E-state index contributed by atoms with van der Waals surface area (Å²) in [5.41, 5.74) is 5.24. The molecule has 0 atom stereocenters. The number of benzene rings is 2. The Labute approximate surface area is 191 Å². The fourth-order valence-corrected chi connectivity index (χ4v) is 3.77. The summed E-state index contributed by atoms with van der Waals surface area (Å²) in [6.07, 6.45) is 1.90. The summed E-state index contributed by atoms with van der Waals surface area (Å²) in [5, 5.41) is 16.8.